The third kappa shape index (κ3) is 3.34. The first kappa shape index (κ1) is 14.1. The molecule has 0 aromatic heterocycles. The van der Waals surface area contributed by atoms with Gasteiger partial charge in [-0.3, -0.25) is 10.1 Å². The van der Waals surface area contributed by atoms with Gasteiger partial charge in [0, 0.05) is 36.1 Å². The monoisotopic (exact) mass is 223 g/mol. The molecule has 0 spiro atoms. The first-order chi connectivity index (χ1) is 7.56. The van der Waals surface area contributed by atoms with Crippen molar-refractivity contribution in [3.05, 3.63) is 33.9 Å². The van der Waals surface area contributed by atoms with E-state index in [1.807, 2.05) is 13.8 Å². The molecule has 2 N–H and O–H groups in total. The molecule has 0 saturated carbocycles. The van der Waals surface area contributed by atoms with Crippen LogP contribution < -0.4 is 5.32 Å². The van der Waals surface area contributed by atoms with Crippen molar-refractivity contribution in [1.82, 2.24) is 0 Å². The molecule has 0 saturated heterocycles. The number of hydrogen-bond acceptors (Lipinski definition) is 4. The second-order valence-corrected chi connectivity index (χ2v) is 2.86. The average Bonchev–Trinajstić information content (AvgIpc) is 2.30. The SMILES string of the molecule is CC.CNc1cc([N+](=O)[O-])ccc1C(C)=N. The number of benzene rings is 1. The van der Waals surface area contributed by atoms with Crippen molar-refractivity contribution in [2.24, 2.45) is 0 Å². The molecule has 0 radical (unpaired) electrons. The van der Waals surface area contributed by atoms with Gasteiger partial charge in [-0.25, -0.2) is 0 Å². The van der Waals surface area contributed by atoms with Gasteiger partial charge < -0.3 is 10.7 Å². The molecule has 88 valence electrons. The topological polar surface area (TPSA) is 79.0 Å². The van der Waals surface area contributed by atoms with Gasteiger partial charge in [0.05, 0.1) is 4.92 Å². The molecule has 1 aromatic rings. The summed E-state index contributed by atoms with van der Waals surface area (Å²) >= 11 is 0. The van der Waals surface area contributed by atoms with E-state index in [0.717, 1.165) is 0 Å². The summed E-state index contributed by atoms with van der Waals surface area (Å²) in [6.45, 7) is 5.64. The Labute approximate surface area is 95.2 Å². The number of nitrogens with zero attached hydrogens (tertiary/aromatic N) is 1. The summed E-state index contributed by atoms with van der Waals surface area (Å²) in [6, 6.07) is 4.40. The molecule has 0 amide bonds. The van der Waals surface area contributed by atoms with E-state index in [-0.39, 0.29) is 5.69 Å². The lowest BCUT2D eigenvalue weighted by Gasteiger charge is -2.06. The Balaban J connectivity index is 0.00000106. The van der Waals surface area contributed by atoms with Crippen molar-refractivity contribution in [1.29, 1.82) is 5.41 Å². The van der Waals surface area contributed by atoms with Gasteiger partial charge in [-0.2, -0.15) is 0 Å². The highest BCUT2D eigenvalue weighted by molar-refractivity contribution is 6.01. The van der Waals surface area contributed by atoms with Gasteiger partial charge in [0.1, 0.15) is 0 Å². The summed E-state index contributed by atoms with van der Waals surface area (Å²) in [5.74, 6) is 0. The van der Waals surface area contributed by atoms with E-state index < -0.39 is 4.92 Å². The number of nitro groups is 1. The minimum absolute atomic E-state index is 0.0272. The van der Waals surface area contributed by atoms with E-state index >= 15 is 0 Å². The Morgan fingerprint density at radius 3 is 2.38 bits per heavy atom. The molecule has 5 nitrogen and oxygen atoms in total. The van der Waals surface area contributed by atoms with E-state index in [1.54, 1.807) is 20.0 Å². The molecule has 0 aliphatic heterocycles. The maximum absolute atomic E-state index is 10.5. The van der Waals surface area contributed by atoms with Crippen LogP contribution in [0.25, 0.3) is 0 Å². The minimum Gasteiger partial charge on any atom is -0.387 e. The Morgan fingerprint density at radius 1 is 1.44 bits per heavy atom. The lowest BCUT2D eigenvalue weighted by Crippen LogP contribution is -2.01. The first-order valence-electron chi connectivity index (χ1n) is 5.08. The number of non-ortho nitro benzene ring substituents is 1. The van der Waals surface area contributed by atoms with Gasteiger partial charge in [-0.15, -0.1) is 0 Å². The quantitative estimate of drug-likeness (QED) is 0.469. The molecule has 5 heteroatoms. The van der Waals surface area contributed by atoms with Gasteiger partial charge in [0.2, 0.25) is 0 Å². The molecule has 16 heavy (non-hydrogen) atoms. The molecule has 0 aliphatic rings. The zero-order valence-corrected chi connectivity index (χ0v) is 10.00. The third-order valence-electron chi connectivity index (χ3n) is 1.89. The summed E-state index contributed by atoms with van der Waals surface area (Å²) in [6.07, 6.45) is 0. The van der Waals surface area contributed by atoms with Crippen LogP contribution in [0.1, 0.15) is 26.3 Å². The van der Waals surface area contributed by atoms with Crippen molar-refractivity contribution < 1.29 is 4.92 Å². The molecule has 0 heterocycles. The molecule has 1 aromatic carbocycles. The van der Waals surface area contributed by atoms with Crippen LogP contribution in [0, 0.1) is 15.5 Å². The predicted molar refractivity (Wildman–Crippen MR) is 66.5 cm³/mol. The van der Waals surface area contributed by atoms with E-state index in [4.69, 9.17) is 5.41 Å². The van der Waals surface area contributed by atoms with Crippen LogP contribution >= 0.6 is 0 Å². The summed E-state index contributed by atoms with van der Waals surface area (Å²) < 4.78 is 0. The van der Waals surface area contributed by atoms with Crippen molar-refractivity contribution in [3.63, 3.8) is 0 Å². The molecule has 0 aliphatic carbocycles. The number of rotatable bonds is 3. The van der Waals surface area contributed by atoms with Gasteiger partial charge in [-0.1, -0.05) is 13.8 Å². The molecular weight excluding hydrogens is 206 g/mol. The Kier molecular flexibility index (Phi) is 5.77. The van der Waals surface area contributed by atoms with E-state index in [1.165, 1.54) is 12.1 Å². The number of nitrogens with one attached hydrogen (secondary N) is 2. The fraction of sp³-hybridized carbons (Fsp3) is 0.364. The van der Waals surface area contributed by atoms with Crippen LogP contribution in [-0.2, 0) is 0 Å². The highest BCUT2D eigenvalue weighted by atomic mass is 16.6. The summed E-state index contributed by atoms with van der Waals surface area (Å²) in [4.78, 5) is 10.0. The van der Waals surface area contributed by atoms with Gasteiger partial charge in [0.15, 0.2) is 0 Å². The van der Waals surface area contributed by atoms with Crippen LogP contribution in [0.5, 0.6) is 0 Å². The van der Waals surface area contributed by atoms with Crippen molar-refractivity contribution in [3.8, 4) is 0 Å². The Morgan fingerprint density at radius 2 is 2.00 bits per heavy atom. The van der Waals surface area contributed by atoms with Gasteiger partial charge in [0.25, 0.3) is 5.69 Å². The number of hydrogen-bond donors (Lipinski definition) is 2. The third-order valence-corrected chi connectivity index (χ3v) is 1.89. The lowest BCUT2D eigenvalue weighted by molar-refractivity contribution is -0.384. The van der Waals surface area contributed by atoms with Gasteiger partial charge in [-0.05, 0) is 13.0 Å². The van der Waals surface area contributed by atoms with Crippen LogP contribution in [0.15, 0.2) is 18.2 Å². The second-order valence-electron chi connectivity index (χ2n) is 2.86. The summed E-state index contributed by atoms with van der Waals surface area (Å²) in [7, 11) is 1.67. The van der Waals surface area contributed by atoms with Crippen molar-refractivity contribution in [2.45, 2.75) is 20.8 Å². The molecular formula is C11H17N3O2. The molecule has 0 unspecified atom stereocenters. The number of nitro benzene ring substituents is 1. The Bertz CT molecular complexity index is 389. The molecule has 0 atom stereocenters. The maximum Gasteiger partial charge on any atom is 0.271 e. The highest BCUT2D eigenvalue weighted by Gasteiger charge is 2.10. The van der Waals surface area contributed by atoms with E-state index in [9.17, 15) is 10.1 Å². The lowest BCUT2D eigenvalue weighted by atomic mass is 10.1. The predicted octanol–water partition coefficient (Wildman–Crippen LogP) is 3.05. The van der Waals surface area contributed by atoms with Crippen LogP contribution in [0.3, 0.4) is 0 Å². The zero-order chi connectivity index (χ0) is 12.7. The molecule has 0 bridgehead atoms. The standard InChI is InChI=1S/C9H11N3O2.C2H6/c1-6(10)8-4-3-7(12(13)14)5-9(8)11-2;1-2/h3-5,10-11H,1-2H3;1-2H3. The van der Waals surface area contributed by atoms with Gasteiger partial charge >= 0.3 is 0 Å². The van der Waals surface area contributed by atoms with E-state index in [0.29, 0.717) is 17.0 Å². The normalized spacial score (nSPS) is 8.75. The fourth-order valence-electron chi connectivity index (χ4n) is 1.18. The first-order valence-corrected chi connectivity index (χ1v) is 5.08. The summed E-state index contributed by atoms with van der Waals surface area (Å²) in [5, 5.41) is 20.7. The molecule has 1 rings (SSSR count). The summed E-state index contributed by atoms with van der Waals surface area (Å²) in [5.41, 5.74) is 1.69. The van der Waals surface area contributed by atoms with Crippen molar-refractivity contribution in [2.75, 3.05) is 12.4 Å². The number of anilines is 1. The van der Waals surface area contributed by atoms with Crippen LogP contribution in [0.2, 0.25) is 0 Å². The largest absolute Gasteiger partial charge is 0.387 e. The maximum atomic E-state index is 10.5. The van der Waals surface area contributed by atoms with Crippen LogP contribution in [-0.4, -0.2) is 17.7 Å². The molecule has 0 fully saturated rings. The highest BCUT2D eigenvalue weighted by Crippen LogP contribution is 2.22. The average molecular weight is 223 g/mol. The second kappa shape index (κ2) is 6.55. The minimum atomic E-state index is -0.454. The van der Waals surface area contributed by atoms with Crippen LogP contribution in [0.4, 0.5) is 11.4 Å². The zero-order valence-electron chi connectivity index (χ0n) is 10.00. The Hall–Kier alpha value is -1.91. The smallest absolute Gasteiger partial charge is 0.271 e. The van der Waals surface area contributed by atoms with Crippen molar-refractivity contribution >= 4 is 17.1 Å². The fourth-order valence-corrected chi connectivity index (χ4v) is 1.18. The van der Waals surface area contributed by atoms with E-state index in [2.05, 4.69) is 5.32 Å².